The Morgan fingerprint density at radius 2 is 1.67 bits per heavy atom. The molecule has 2 aromatic carbocycles. The first-order valence-corrected chi connectivity index (χ1v) is 11.5. The summed E-state index contributed by atoms with van der Waals surface area (Å²) in [5.41, 5.74) is 1.25. The van der Waals surface area contributed by atoms with E-state index in [2.05, 4.69) is 19.2 Å². The third-order valence-electron chi connectivity index (χ3n) is 4.60. The molecule has 30 heavy (non-hydrogen) atoms. The summed E-state index contributed by atoms with van der Waals surface area (Å²) < 4.78 is 36.4. The molecule has 2 aromatic rings. The van der Waals surface area contributed by atoms with Gasteiger partial charge in [0.2, 0.25) is 15.9 Å². The van der Waals surface area contributed by atoms with Crippen molar-refractivity contribution < 1.29 is 22.7 Å². The fourth-order valence-corrected chi connectivity index (χ4v) is 4.03. The Morgan fingerprint density at radius 3 is 2.20 bits per heavy atom. The Labute approximate surface area is 179 Å². The standard InChI is InChI=1S/C22H30N2O5S/c1-16(2)14-19(17-10-12-18(28-3)13-11-17)23-22(25)15-24(30(5,26)27)20-8-6-7-9-21(20)29-4/h6-13,16,19H,14-15H2,1-5H3,(H,23,25). The Bertz CT molecular complexity index is 942. The molecule has 0 bridgehead atoms. The number of amides is 1. The van der Waals surface area contributed by atoms with Crippen molar-refractivity contribution in [1.29, 1.82) is 0 Å². The Balaban J connectivity index is 2.26. The molecular formula is C22H30N2O5S. The van der Waals surface area contributed by atoms with Gasteiger partial charge in [0.1, 0.15) is 18.0 Å². The molecule has 8 heteroatoms. The van der Waals surface area contributed by atoms with Crippen molar-refractivity contribution in [3.8, 4) is 11.5 Å². The number of carbonyl (C=O) groups excluding carboxylic acids is 1. The van der Waals surface area contributed by atoms with E-state index in [1.54, 1.807) is 31.4 Å². The summed E-state index contributed by atoms with van der Waals surface area (Å²) in [6.45, 7) is 3.80. The molecule has 1 amide bonds. The van der Waals surface area contributed by atoms with Crippen molar-refractivity contribution in [3.63, 3.8) is 0 Å². The molecule has 0 spiro atoms. The summed E-state index contributed by atoms with van der Waals surface area (Å²) in [6, 6.07) is 14.0. The van der Waals surface area contributed by atoms with Gasteiger partial charge in [0.15, 0.2) is 0 Å². The highest BCUT2D eigenvalue weighted by Gasteiger charge is 2.25. The molecule has 0 saturated heterocycles. The summed E-state index contributed by atoms with van der Waals surface area (Å²) in [5.74, 6) is 1.04. The maximum Gasteiger partial charge on any atom is 0.241 e. The first-order chi connectivity index (χ1) is 14.2. The molecular weight excluding hydrogens is 404 g/mol. The molecule has 0 radical (unpaired) electrons. The first-order valence-electron chi connectivity index (χ1n) is 9.69. The molecule has 1 unspecified atom stereocenters. The molecule has 0 aliphatic rings. The predicted molar refractivity (Wildman–Crippen MR) is 119 cm³/mol. The van der Waals surface area contributed by atoms with Crippen LogP contribution in [0, 0.1) is 5.92 Å². The number of ether oxygens (including phenoxy) is 2. The molecule has 0 fully saturated rings. The summed E-state index contributed by atoms with van der Waals surface area (Å²) in [4.78, 5) is 12.9. The van der Waals surface area contributed by atoms with Crippen molar-refractivity contribution in [3.05, 3.63) is 54.1 Å². The third-order valence-corrected chi connectivity index (χ3v) is 5.73. The van der Waals surface area contributed by atoms with Crippen LogP contribution >= 0.6 is 0 Å². The maximum atomic E-state index is 12.9. The highest BCUT2D eigenvalue weighted by Crippen LogP contribution is 2.29. The van der Waals surface area contributed by atoms with Gasteiger partial charge in [0.05, 0.1) is 32.2 Å². The van der Waals surface area contributed by atoms with E-state index in [4.69, 9.17) is 9.47 Å². The predicted octanol–water partition coefficient (Wildman–Crippen LogP) is 3.37. The number of nitrogens with one attached hydrogen (secondary N) is 1. The molecule has 164 valence electrons. The van der Waals surface area contributed by atoms with E-state index in [1.807, 2.05) is 24.3 Å². The second-order valence-electron chi connectivity index (χ2n) is 7.46. The fraction of sp³-hybridized carbons (Fsp3) is 0.409. The number of hydrogen-bond acceptors (Lipinski definition) is 5. The summed E-state index contributed by atoms with van der Waals surface area (Å²) in [7, 11) is -0.645. The molecule has 2 rings (SSSR count). The monoisotopic (exact) mass is 434 g/mol. The number of nitrogens with zero attached hydrogens (tertiary/aromatic N) is 1. The van der Waals surface area contributed by atoms with Crippen molar-refractivity contribution in [2.75, 3.05) is 31.3 Å². The zero-order chi connectivity index (χ0) is 22.3. The van der Waals surface area contributed by atoms with E-state index >= 15 is 0 Å². The average Bonchev–Trinajstić information content (AvgIpc) is 2.70. The van der Waals surface area contributed by atoms with Gasteiger partial charge < -0.3 is 14.8 Å². The first kappa shape index (κ1) is 23.5. The minimum atomic E-state index is -3.70. The lowest BCUT2D eigenvalue weighted by Crippen LogP contribution is -2.42. The van der Waals surface area contributed by atoms with E-state index < -0.39 is 15.9 Å². The van der Waals surface area contributed by atoms with Gasteiger partial charge in [-0.25, -0.2) is 8.42 Å². The second-order valence-corrected chi connectivity index (χ2v) is 9.37. The number of para-hydroxylation sites is 2. The van der Waals surface area contributed by atoms with E-state index in [0.717, 1.165) is 21.9 Å². The quantitative estimate of drug-likeness (QED) is 0.620. The smallest absolute Gasteiger partial charge is 0.241 e. The number of benzene rings is 2. The molecule has 0 aliphatic heterocycles. The average molecular weight is 435 g/mol. The van der Waals surface area contributed by atoms with E-state index in [1.165, 1.54) is 7.11 Å². The van der Waals surface area contributed by atoms with Gasteiger partial charge in [-0.05, 0) is 42.2 Å². The summed E-state index contributed by atoms with van der Waals surface area (Å²) in [5, 5.41) is 2.99. The molecule has 0 saturated carbocycles. The third kappa shape index (κ3) is 6.38. The van der Waals surface area contributed by atoms with Crippen LogP contribution in [0.25, 0.3) is 0 Å². The minimum absolute atomic E-state index is 0.248. The summed E-state index contributed by atoms with van der Waals surface area (Å²) in [6.07, 6.45) is 1.79. The van der Waals surface area contributed by atoms with Crippen molar-refractivity contribution in [1.82, 2.24) is 5.32 Å². The number of methoxy groups -OCH3 is 2. The lowest BCUT2D eigenvalue weighted by molar-refractivity contribution is -0.120. The minimum Gasteiger partial charge on any atom is -0.497 e. The van der Waals surface area contributed by atoms with Crippen LogP contribution in [0.4, 0.5) is 5.69 Å². The van der Waals surface area contributed by atoms with Gasteiger partial charge >= 0.3 is 0 Å². The molecule has 1 N–H and O–H groups in total. The SMILES string of the molecule is COc1ccc(C(CC(C)C)NC(=O)CN(c2ccccc2OC)S(C)(=O)=O)cc1. The number of anilines is 1. The Morgan fingerprint density at radius 1 is 1.03 bits per heavy atom. The van der Waals surface area contributed by atoms with Crippen molar-refractivity contribution in [2.45, 2.75) is 26.3 Å². The molecule has 0 aliphatic carbocycles. The van der Waals surface area contributed by atoms with Gasteiger partial charge in [-0.15, -0.1) is 0 Å². The van der Waals surface area contributed by atoms with Gasteiger partial charge in [-0.2, -0.15) is 0 Å². The van der Waals surface area contributed by atoms with Crippen LogP contribution in [0.1, 0.15) is 31.9 Å². The topological polar surface area (TPSA) is 84.9 Å². The van der Waals surface area contributed by atoms with Crippen LogP contribution in [-0.4, -0.2) is 41.3 Å². The number of hydrogen-bond donors (Lipinski definition) is 1. The molecule has 1 atom stereocenters. The van der Waals surface area contributed by atoms with Crippen molar-refractivity contribution >= 4 is 21.6 Å². The molecule has 7 nitrogen and oxygen atoms in total. The van der Waals surface area contributed by atoms with E-state index in [0.29, 0.717) is 23.8 Å². The zero-order valence-electron chi connectivity index (χ0n) is 18.1. The fourth-order valence-electron chi connectivity index (χ4n) is 3.17. The lowest BCUT2D eigenvalue weighted by Gasteiger charge is -2.26. The second kappa shape index (κ2) is 10.3. The van der Waals surface area contributed by atoms with Crippen LogP contribution in [0.15, 0.2) is 48.5 Å². The van der Waals surface area contributed by atoms with Crippen LogP contribution < -0.4 is 19.1 Å². The highest BCUT2D eigenvalue weighted by molar-refractivity contribution is 7.92. The number of carbonyl (C=O) groups is 1. The van der Waals surface area contributed by atoms with Crippen LogP contribution in [0.3, 0.4) is 0 Å². The van der Waals surface area contributed by atoms with E-state index in [-0.39, 0.29) is 12.6 Å². The lowest BCUT2D eigenvalue weighted by atomic mass is 9.97. The highest BCUT2D eigenvalue weighted by atomic mass is 32.2. The van der Waals surface area contributed by atoms with Crippen LogP contribution in [0.5, 0.6) is 11.5 Å². The van der Waals surface area contributed by atoms with Gasteiger partial charge in [0.25, 0.3) is 0 Å². The number of sulfonamides is 1. The van der Waals surface area contributed by atoms with Gasteiger partial charge in [-0.3, -0.25) is 9.10 Å². The van der Waals surface area contributed by atoms with E-state index in [9.17, 15) is 13.2 Å². The molecule has 0 heterocycles. The van der Waals surface area contributed by atoms with Crippen LogP contribution in [0.2, 0.25) is 0 Å². The Kier molecular flexibility index (Phi) is 8.11. The number of rotatable bonds is 10. The zero-order valence-corrected chi connectivity index (χ0v) is 18.9. The largest absolute Gasteiger partial charge is 0.497 e. The maximum absolute atomic E-state index is 12.9. The normalized spacial score (nSPS) is 12.3. The van der Waals surface area contributed by atoms with Crippen molar-refractivity contribution in [2.24, 2.45) is 5.92 Å². The van der Waals surface area contributed by atoms with Gasteiger partial charge in [0, 0.05) is 0 Å². The Hall–Kier alpha value is -2.74. The summed E-state index contributed by atoms with van der Waals surface area (Å²) >= 11 is 0. The van der Waals surface area contributed by atoms with Gasteiger partial charge in [-0.1, -0.05) is 38.1 Å². The van der Waals surface area contributed by atoms with Crippen LogP contribution in [-0.2, 0) is 14.8 Å². The molecule has 0 aromatic heterocycles.